The van der Waals surface area contributed by atoms with Crippen molar-refractivity contribution in [2.24, 2.45) is 0 Å². The molecule has 2 aromatic carbocycles. The van der Waals surface area contributed by atoms with Crippen LogP contribution >= 0.6 is 11.6 Å². The lowest BCUT2D eigenvalue weighted by molar-refractivity contribution is 0.102. The predicted molar refractivity (Wildman–Crippen MR) is 85.7 cm³/mol. The third kappa shape index (κ3) is 2.88. The Labute approximate surface area is 127 Å². The van der Waals surface area contributed by atoms with Crippen LogP contribution in [0.5, 0.6) is 0 Å². The number of hydrogen-bond acceptors (Lipinski definition) is 2. The molecular formula is C17H13ClN2O. The minimum absolute atomic E-state index is 0.146. The molecule has 3 rings (SSSR count). The molecule has 1 amide bonds. The van der Waals surface area contributed by atoms with Crippen LogP contribution in [0.2, 0.25) is 0 Å². The number of anilines is 1. The smallest absolute Gasteiger partial charge is 0.256 e. The maximum atomic E-state index is 12.4. The van der Waals surface area contributed by atoms with Crippen molar-refractivity contribution in [1.29, 1.82) is 0 Å². The number of nitrogens with zero attached hydrogens (tertiary/aromatic N) is 1. The quantitative estimate of drug-likeness (QED) is 0.735. The van der Waals surface area contributed by atoms with Gasteiger partial charge in [0.25, 0.3) is 5.91 Å². The van der Waals surface area contributed by atoms with Gasteiger partial charge in [0.05, 0.1) is 5.52 Å². The number of fused-ring (bicyclic) bond motifs is 1. The van der Waals surface area contributed by atoms with Crippen LogP contribution < -0.4 is 5.32 Å². The highest BCUT2D eigenvalue weighted by Crippen LogP contribution is 2.18. The third-order valence-electron chi connectivity index (χ3n) is 3.26. The first-order chi connectivity index (χ1) is 10.3. The minimum atomic E-state index is -0.146. The van der Waals surface area contributed by atoms with Gasteiger partial charge in [-0.1, -0.05) is 24.3 Å². The molecule has 0 aliphatic rings. The van der Waals surface area contributed by atoms with Crippen LogP contribution in [0.4, 0.5) is 5.69 Å². The number of carbonyl (C=O) groups is 1. The summed E-state index contributed by atoms with van der Waals surface area (Å²) in [5, 5.41) is 3.73. The number of nitrogens with one attached hydrogen (secondary N) is 1. The largest absolute Gasteiger partial charge is 0.322 e. The zero-order valence-corrected chi connectivity index (χ0v) is 12.0. The zero-order valence-electron chi connectivity index (χ0n) is 11.2. The Hall–Kier alpha value is -2.39. The van der Waals surface area contributed by atoms with Gasteiger partial charge in [-0.05, 0) is 35.9 Å². The molecule has 0 saturated carbocycles. The van der Waals surface area contributed by atoms with Crippen molar-refractivity contribution in [2.75, 3.05) is 5.32 Å². The summed E-state index contributed by atoms with van der Waals surface area (Å²) in [6, 6.07) is 16.7. The van der Waals surface area contributed by atoms with Gasteiger partial charge in [-0.25, -0.2) is 0 Å². The average Bonchev–Trinajstić information content (AvgIpc) is 2.55. The van der Waals surface area contributed by atoms with Crippen LogP contribution in [-0.4, -0.2) is 10.9 Å². The summed E-state index contributed by atoms with van der Waals surface area (Å²) < 4.78 is 0. The Morgan fingerprint density at radius 3 is 2.62 bits per heavy atom. The molecule has 1 N–H and O–H groups in total. The Morgan fingerprint density at radius 1 is 1.05 bits per heavy atom. The van der Waals surface area contributed by atoms with Gasteiger partial charge in [0.1, 0.15) is 0 Å². The van der Waals surface area contributed by atoms with Gasteiger partial charge in [-0.15, -0.1) is 11.6 Å². The molecule has 104 valence electrons. The number of carbonyl (C=O) groups excluding carboxylic acids is 1. The van der Waals surface area contributed by atoms with E-state index in [-0.39, 0.29) is 5.91 Å². The number of pyridine rings is 1. The van der Waals surface area contributed by atoms with Crippen LogP contribution in [0, 0.1) is 0 Å². The SMILES string of the molecule is O=C(Nc1ccc(CCl)cc1)c1cccc2ncccc12. The molecule has 4 heteroatoms. The third-order valence-corrected chi connectivity index (χ3v) is 3.57. The van der Waals surface area contributed by atoms with Crippen LogP contribution in [-0.2, 0) is 5.88 Å². The Morgan fingerprint density at radius 2 is 1.86 bits per heavy atom. The fourth-order valence-electron chi connectivity index (χ4n) is 2.18. The van der Waals surface area contributed by atoms with Gasteiger partial charge in [-0.2, -0.15) is 0 Å². The van der Waals surface area contributed by atoms with Gasteiger partial charge >= 0.3 is 0 Å². The molecule has 21 heavy (non-hydrogen) atoms. The molecule has 0 unspecified atom stereocenters. The van der Waals surface area contributed by atoms with Crippen molar-refractivity contribution in [3.05, 3.63) is 71.9 Å². The lowest BCUT2D eigenvalue weighted by Gasteiger charge is -2.08. The van der Waals surface area contributed by atoms with E-state index in [4.69, 9.17) is 11.6 Å². The second-order valence-corrected chi connectivity index (χ2v) is 4.93. The van der Waals surface area contributed by atoms with E-state index in [9.17, 15) is 4.79 Å². The first-order valence-electron chi connectivity index (χ1n) is 6.58. The van der Waals surface area contributed by atoms with Gasteiger partial charge in [0.15, 0.2) is 0 Å². The number of aromatic nitrogens is 1. The van der Waals surface area contributed by atoms with Crippen molar-refractivity contribution in [1.82, 2.24) is 4.98 Å². The van der Waals surface area contributed by atoms with Crippen molar-refractivity contribution in [2.45, 2.75) is 5.88 Å². The van der Waals surface area contributed by atoms with E-state index in [1.54, 1.807) is 12.3 Å². The van der Waals surface area contributed by atoms with Crippen molar-refractivity contribution in [3.63, 3.8) is 0 Å². The Balaban J connectivity index is 1.90. The summed E-state index contributed by atoms with van der Waals surface area (Å²) in [5.41, 5.74) is 3.18. The second-order valence-electron chi connectivity index (χ2n) is 4.66. The molecule has 0 saturated heterocycles. The summed E-state index contributed by atoms with van der Waals surface area (Å²) in [7, 11) is 0. The van der Waals surface area contributed by atoms with E-state index in [2.05, 4.69) is 10.3 Å². The van der Waals surface area contributed by atoms with Crippen molar-refractivity contribution in [3.8, 4) is 0 Å². The standard InChI is InChI=1S/C17H13ClN2O/c18-11-12-6-8-13(9-7-12)20-17(21)15-3-1-5-16-14(15)4-2-10-19-16/h1-10H,11H2,(H,20,21). The molecule has 0 bridgehead atoms. The molecule has 0 radical (unpaired) electrons. The number of halogens is 1. The number of benzene rings is 2. The van der Waals surface area contributed by atoms with Crippen molar-refractivity contribution >= 4 is 34.1 Å². The first kappa shape index (κ1) is 13.6. The van der Waals surface area contributed by atoms with Crippen LogP contribution in [0.1, 0.15) is 15.9 Å². The van der Waals surface area contributed by atoms with Gasteiger partial charge in [0, 0.05) is 28.7 Å². The topological polar surface area (TPSA) is 42.0 Å². The fourth-order valence-corrected chi connectivity index (χ4v) is 2.36. The maximum Gasteiger partial charge on any atom is 0.256 e. The van der Waals surface area contributed by atoms with E-state index in [0.29, 0.717) is 11.4 Å². The Kier molecular flexibility index (Phi) is 3.84. The minimum Gasteiger partial charge on any atom is -0.322 e. The number of amides is 1. The molecule has 0 atom stereocenters. The fraction of sp³-hybridized carbons (Fsp3) is 0.0588. The molecule has 3 nitrogen and oxygen atoms in total. The highest BCUT2D eigenvalue weighted by molar-refractivity contribution is 6.17. The van der Waals surface area contributed by atoms with Crippen LogP contribution in [0.3, 0.4) is 0 Å². The summed E-state index contributed by atoms with van der Waals surface area (Å²) in [6.45, 7) is 0. The molecule has 0 fully saturated rings. The lowest BCUT2D eigenvalue weighted by Crippen LogP contribution is -2.12. The molecule has 0 aliphatic heterocycles. The van der Waals surface area contributed by atoms with E-state index < -0.39 is 0 Å². The Bertz CT molecular complexity index is 779. The normalized spacial score (nSPS) is 10.5. The zero-order chi connectivity index (χ0) is 14.7. The van der Waals surface area contributed by atoms with E-state index >= 15 is 0 Å². The number of hydrogen-bond donors (Lipinski definition) is 1. The number of rotatable bonds is 3. The number of alkyl halides is 1. The van der Waals surface area contributed by atoms with Crippen LogP contribution in [0.25, 0.3) is 10.9 Å². The molecular weight excluding hydrogens is 284 g/mol. The van der Waals surface area contributed by atoms with E-state index in [0.717, 1.165) is 22.2 Å². The monoisotopic (exact) mass is 296 g/mol. The molecule has 1 aromatic heterocycles. The highest BCUT2D eigenvalue weighted by Gasteiger charge is 2.10. The molecule has 3 aromatic rings. The van der Waals surface area contributed by atoms with Crippen molar-refractivity contribution < 1.29 is 4.79 Å². The lowest BCUT2D eigenvalue weighted by atomic mass is 10.1. The average molecular weight is 297 g/mol. The summed E-state index contributed by atoms with van der Waals surface area (Å²) in [5.74, 6) is 0.315. The van der Waals surface area contributed by atoms with E-state index in [1.165, 1.54) is 0 Å². The molecule has 0 spiro atoms. The second kappa shape index (κ2) is 5.94. The first-order valence-corrected chi connectivity index (χ1v) is 7.11. The summed E-state index contributed by atoms with van der Waals surface area (Å²) in [6.07, 6.45) is 1.72. The summed E-state index contributed by atoms with van der Waals surface area (Å²) >= 11 is 5.75. The van der Waals surface area contributed by atoms with E-state index in [1.807, 2.05) is 48.5 Å². The highest BCUT2D eigenvalue weighted by atomic mass is 35.5. The maximum absolute atomic E-state index is 12.4. The summed E-state index contributed by atoms with van der Waals surface area (Å²) in [4.78, 5) is 16.7. The molecule has 1 heterocycles. The molecule has 0 aliphatic carbocycles. The van der Waals surface area contributed by atoms with Crippen LogP contribution in [0.15, 0.2) is 60.8 Å². The van der Waals surface area contributed by atoms with Gasteiger partial charge in [0.2, 0.25) is 0 Å². The predicted octanol–water partition coefficient (Wildman–Crippen LogP) is 4.23. The van der Waals surface area contributed by atoms with Gasteiger partial charge < -0.3 is 5.32 Å². The van der Waals surface area contributed by atoms with Gasteiger partial charge in [-0.3, -0.25) is 9.78 Å².